The van der Waals surface area contributed by atoms with Crippen LogP contribution in [0.15, 0.2) is 46.9 Å². The molecule has 4 rings (SSSR count). The maximum Gasteiger partial charge on any atom is 0.120 e. The van der Waals surface area contributed by atoms with E-state index in [9.17, 15) is 0 Å². The molecular weight excluding hydrogens is 326 g/mol. The molecule has 4 heteroatoms. The quantitative estimate of drug-likeness (QED) is 0.716. The van der Waals surface area contributed by atoms with Crippen LogP contribution in [0.3, 0.4) is 0 Å². The van der Waals surface area contributed by atoms with Crippen LogP contribution in [0.5, 0.6) is 0 Å². The molecule has 0 bridgehead atoms. The van der Waals surface area contributed by atoms with Crippen LogP contribution in [-0.4, -0.2) is 9.55 Å². The molecule has 1 aromatic heterocycles. The first-order chi connectivity index (χ1) is 10.1. The molecule has 106 valence electrons. The number of aryl methyl sites for hydroxylation is 1. The molecule has 21 heavy (non-hydrogen) atoms. The van der Waals surface area contributed by atoms with Gasteiger partial charge in [0.1, 0.15) is 5.82 Å². The summed E-state index contributed by atoms with van der Waals surface area (Å²) < 4.78 is 3.29. The highest BCUT2D eigenvalue weighted by Crippen LogP contribution is 2.53. The Morgan fingerprint density at radius 3 is 2.52 bits per heavy atom. The Kier molecular flexibility index (Phi) is 2.67. The monoisotopic (exact) mass is 341 g/mol. The molecule has 1 fully saturated rings. The van der Waals surface area contributed by atoms with Crippen LogP contribution in [0.25, 0.3) is 11.0 Å². The Morgan fingerprint density at radius 1 is 1.14 bits per heavy atom. The van der Waals surface area contributed by atoms with Gasteiger partial charge in [0.2, 0.25) is 0 Å². The minimum atomic E-state index is 0.0634. The van der Waals surface area contributed by atoms with Gasteiger partial charge in [0.25, 0.3) is 0 Å². The Morgan fingerprint density at radius 2 is 1.86 bits per heavy atom. The van der Waals surface area contributed by atoms with Crippen LogP contribution in [0.1, 0.15) is 24.2 Å². The van der Waals surface area contributed by atoms with Gasteiger partial charge in [-0.15, -0.1) is 0 Å². The minimum Gasteiger partial charge on any atom is -0.399 e. The maximum atomic E-state index is 5.81. The van der Waals surface area contributed by atoms with E-state index in [1.54, 1.807) is 0 Å². The van der Waals surface area contributed by atoms with E-state index in [0.29, 0.717) is 0 Å². The molecule has 0 unspecified atom stereocenters. The number of rotatable bonds is 2. The minimum absolute atomic E-state index is 0.0634. The lowest BCUT2D eigenvalue weighted by molar-refractivity contribution is 0.705. The summed E-state index contributed by atoms with van der Waals surface area (Å²) in [6.45, 7) is 0. The Bertz CT molecular complexity index is 829. The zero-order chi connectivity index (χ0) is 14.6. The van der Waals surface area contributed by atoms with Crippen molar-refractivity contribution in [1.82, 2.24) is 9.55 Å². The van der Waals surface area contributed by atoms with Crippen molar-refractivity contribution in [3.63, 3.8) is 0 Å². The number of nitrogens with two attached hydrogens (primary N) is 1. The number of nitrogens with zero attached hydrogens (tertiary/aromatic N) is 2. The van der Waals surface area contributed by atoms with Gasteiger partial charge in [-0.2, -0.15) is 0 Å². The Balaban J connectivity index is 1.89. The van der Waals surface area contributed by atoms with Crippen molar-refractivity contribution < 1.29 is 0 Å². The van der Waals surface area contributed by atoms with E-state index < -0.39 is 0 Å². The fraction of sp³-hybridized carbons (Fsp3) is 0.235. The number of hydrogen-bond acceptors (Lipinski definition) is 2. The van der Waals surface area contributed by atoms with Crippen LogP contribution in [0.4, 0.5) is 5.69 Å². The van der Waals surface area contributed by atoms with Gasteiger partial charge in [0, 0.05) is 17.2 Å². The van der Waals surface area contributed by atoms with Crippen LogP contribution in [-0.2, 0) is 12.5 Å². The Labute approximate surface area is 131 Å². The Hall–Kier alpha value is -1.81. The number of anilines is 1. The summed E-state index contributed by atoms with van der Waals surface area (Å²) in [5.41, 5.74) is 10.2. The average molecular weight is 342 g/mol. The highest BCUT2D eigenvalue weighted by Gasteiger charge is 2.49. The zero-order valence-electron chi connectivity index (χ0n) is 11.8. The van der Waals surface area contributed by atoms with Gasteiger partial charge in [0.05, 0.1) is 16.4 Å². The SMILES string of the molecule is Cn1c(C2(c3ccc(N)cc3)CC2)nc2cc(Br)ccc21. The second-order valence-corrected chi connectivity index (χ2v) is 6.75. The second kappa shape index (κ2) is 4.34. The van der Waals surface area contributed by atoms with Gasteiger partial charge in [-0.05, 0) is 48.7 Å². The van der Waals surface area contributed by atoms with Crippen molar-refractivity contribution in [1.29, 1.82) is 0 Å². The molecule has 3 aromatic rings. The summed E-state index contributed by atoms with van der Waals surface area (Å²) in [7, 11) is 2.11. The summed E-state index contributed by atoms with van der Waals surface area (Å²) in [5.74, 6) is 1.15. The number of imidazole rings is 1. The lowest BCUT2D eigenvalue weighted by atomic mass is 9.95. The topological polar surface area (TPSA) is 43.8 Å². The first-order valence-corrected chi connectivity index (χ1v) is 7.88. The number of benzene rings is 2. The lowest BCUT2D eigenvalue weighted by Crippen LogP contribution is -2.14. The predicted molar refractivity (Wildman–Crippen MR) is 89.3 cm³/mol. The molecule has 0 atom stereocenters. The van der Waals surface area contributed by atoms with Crippen LogP contribution in [0.2, 0.25) is 0 Å². The number of halogens is 1. The molecule has 0 radical (unpaired) electrons. The van der Waals surface area contributed by atoms with E-state index in [1.807, 2.05) is 12.1 Å². The highest BCUT2D eigenvalue weighted by atomic mass is 79.9. The summed E-state index contributed by atoms with van der Waals surface area (Å²) in [6, 6.07) is 14.5. The molecule has 2 N–H and O–H groups in total. The molecule has 1 saturated carbocycles. The van der Waals surface area contributed by atoms with Crippen molar-refractivity contribution in [3.8, 4) is 0 Å². The average Bonchev–Trinajstić information content (AvgIpc) is 3.20. The fourth-order valence-electron chi connectivity index (χ4n) is 3.17. The van der Waals surface area contributed by atoms with Crippen LogP contribution < -0.4 is 5.73 Å². The van der Waals surface area contributed by atoms with E-state index >= 15 is 0 Å². The molecule has 2 aromatic carbocycles. The summed E-state index contributed by atoms with van der Waals surface area (Å²) in [4.78, 5) is 4.91. The normalized spacial score (nSPS) is 16.3. The van der Waals surface area contributed by atoms with Crippen molar-refractivity contribution >= 4 is 32.7 Å². The van der Waals surface area contributed by atoms with Gasteiger partial charge in [0.15, 0.2) is 0 Å². The van der Waals surface area contributed by atoms with Gasteiger partial charge >= 0.3 is 0 Å². The number of aromatic nitrogens is 2. The zero-order valence-corrected chi connectivity index (χ0v) is 13.4. The second-order valence-electron chi connectivity index (χ2n) is 5.83. The van der Waals surface area contributed by atoms with Crippen molar-refractivity contribution in [2.24, 2.45) is 7.05 Å². The van der Waals surface area contributed by atoms with E-state index in [1.165, 1.54) is 11.1 Å². The third-order valence-corrected chi connectivity index (χ3v) is 4.98. The molecule has 1 heterocycles. The molecule has 0 amide bonds. The van der Waals surface area contributed by atoms with Gasteiger partial charge < -0.3 is 10.3 Å². The summed E-state index contributed by atoms with van der Waals surface area (Å²) in [5, 5.41) is 0. The first kappa shape index (κ1) is 12.9. The molecule has 1 aliphatic carbocycles. The fourth-order valence-corrected chi connectivity index (χ4v) is 3.52. The summed E-state index contributed by atoms with van der Waals surface area (Å²) in [6.07, 6.45) is 2.30. The van der Waals surface area contributed by atoms with Crippen molar-refractivity contribution in [2.75, 3.05) is 5.73 Å². The first-order valence-electron chi connectivity index (χ1n) is 7.09. The van der Waals surface area contributed by atoms with Crippen molar-refractivity contribution in [2.45, 2.75) is 18.3 Å². The molecule has 3 nitrogen and oxygen atoms in total. The molecule has 0 saturated heterocycles. The molecular formula is C17H16BrN3. The van der Waals surface area contributed by atoms with E-state index in [-0.39, 0.29) is 5.41 Å². The van der Waals surface area contributed by atoms with Gasteiger partial charge in [-0.1, -0.05) is 28.1 Å². The van der Waals surface area contributed by atoms with E-state index in [0.717, 1.165) is 34.3 Å². The molecule has 0 aliphatic heterocycles. The standard InChI is InChI=1S/C17H16BrN3/c1-21-15-7-4-12(18)10-14(15)20-16(21)17(8-9-17)11-2-5-13(19)6-3-11/h2-7,10H,8-9,19H2,1H3. The highest BCUT2D eigenvalue weighted by molar-refractivity contribution is 9.10. The largest absolute Gasteiger partial charge is 0.399 e. The van der Waals surface area contributed by atoms with E-state index in [4.69, 9.17) is 10.7 Å². The van der Waals surface area contributed by atoms with Gasteiger partial charge in [-0.3, -0.25) is 0 Å². The van der Waals surface area contributed by atoms with Gasteiger partial charge in [-0.25, -0.2) is 4.98 Å². The molecule has 0 spiro atoms. The summed E-state index contributed by atoms with van der Waals surface area (Å²) >= 11 is 3.52. The maximum absolute atomic E-state index is 5.81. The number of hydrogen-bond donors (Lipinski definition) is 1. The number of fused-ring (bicyclic) bond motifs is 1. The van der Waals surface area contributed by atoms with Crippen LogP contribution >= 0.6 is 15.9 Å². The van der Waals surface area contributed by atoms with Crippen molar-refractivity contribution in [3.05, 3.63) is 58.3 Å². The third-order valence-electron chi connectivity index (χ3n) is 4.48. The number of nitrogen functional groups attached to an aromatic ring is 1. The lowest BCUT2D eigenvalue weighted by Gasteiger charge is -2.16. The smallest absolute Gasteiger partial charge is 0.120 e. The molecule has 1 aliphatic rings. The van der Waals surface area contributed by atoms with Crippen LogP contribution in [0, 0.1) is 0 Å². The predicted octanol–water partition coefficient (Wildman–Crippen LogP) is 4.00. The van der Waals surface area contributed by atoms with E-state index in [2.05, 4.69) is 57.9 Å². The third kappa shape index (κ3) is 1.89.